The molecule has 0 radical (unpaired) electrons. The van der Waals surface area contributed by atoms with E-state index in [1.165, 1.54) is 50.6 Å². The van der Waals surface area contributed by atoms with Crippen molar-refractivity contribution in [2.75, 3.05) is 0 Å². The molecule has 3 heteroatoms. The lowest BCUT2D eigenvalue weighted by Crippen LogP contribution is -2.59. The molecule has 2 unspecified atom stereocenters. The Morgan fingerprint density at radius 1 is 1.10 bits per heavy atom. The van der Waals surface area contributed by atoms with Gasteiger partial charge in [0.05, 0.1) is 0 Å². The molecule has 4 aliphatic rings. The molecule has 3 aliphatic carbocycles. The minimum absolute atomic E-state index is 0.111. The summed E-state index contributed by atoms with van der Waals surface area (Å²) >= 11 is 0. The molecule has 0 bridgehead atoms. The number of carbonyl (C=O) groups excluding carboxylic acids is 1. The van der Waals surface area contributed by atoms with Gasteiger partial charge in [-0.2, -0.15) is 0 Å². The molecule has 5 rings (SSSR count). The van der Waals surface area contributed by atoms with Crippen LogP contribution in [0.5, 0.6) is 0 Å². The minimum Gasteiger partial charge on any atom is -0.349 e. The van der Waals surface area contributed by atoms with Crippen LogP contribution in [-0.4, -0.2) is 16.9 Å². The summed E-state index contributed by atoms with van der Waals surface area (Å²) in [6.45, 7) is 5.05. The van der Waals surface area contributed by atoms with Crippen LogP contribution in [-0.2, 0) is 11.2 Å². The van der Waals surface area contributed by atoms with Crippen molar-refractivity contribution in [3.05, 3.63) is 42.2 Å². The second kappa shape index (κ2) is 7.25. The molecule has 1 amide bonds. The van der Waals surface area contributed by atoms with Crippen LogP contribution in [0, 0.1) is 34.5 Å². The van der Waals surface area contributed by atoms with E-state index < -0.39 is 0 Å². The predicted molar refractivity (Wildman–Crippen MR) is 116 cm³/mol. The van der Waals surface area contributed by atoms with Crippen molar-refractivity contribution in [1.82, 2.24) is 10.3 Å². The number of hydrogen-bond donors (Lipinski definition) is 1. The molecule has 1 aliphatic heterocycles. The van der Waals surface area contributed by atoms with Gasteiger partial charge in [-0.05, 0) is 105 Å². The molecule has 0 spiro atoms. The number of aryl methyl sites for hydroxylation is 1. The van der Waals surface area contributed by atoms with Crippen LogP contribution >= 0.6 is 0 Å². The van der Waals surface area contributed by atoms with Crippen molar-refractivity contribution >= 4 is 5.91 Å². The average molecular weight is 393 g/mol. The van der Waals surface area contributed by atoms with Gasteiger partial charge in [0.15, 0.2) is 0 Å². The molecule has 3 nitrogen and oxygen atoms in total. The Hall–Kier alpha value is -1.64. The normalized spacial score (nSPS) is 43.2. The number of amides is 1. The zero-order chi connectivity index (χ0) is 20.1. The molecule has 3 fully saturated rings. The van der Waals surface area contributed by atoms with Crippen LogP contribution in [0.1, 0.15) is 70.9 Å². The number of fused-ring (bicyclic) bond motifs is 5. The van der Waals surface area contributed by atoms with Gasteiger partial charge < -0.3 is 5.32 Å². The minimum atomic E-state index is 0.111. The summed E-state index contributed by atoms with van der Waals surface area (Å²) in [5, 5.41) is 3.28. The number of rotatable bonds is 4. The second-order valence-corrected chi connectivity index (χ2v) is 10.7. The first-order valence-corrected chi connectivity index (χ1v) is 11.9. The number of pyridine rings is 1. The molecule has 3 saturated carbocycles. The molecule has 0 saturated heterocycles. The van der Waals surface area contributed by atoms with Crippen molar-refractivity contribution in [1.29, 1.82) is 0 Å². The van der Waals surface area contributed by atoms with Crippen LogP contribution in [0.15, 0.2) is 36.5 Å². The lowest BCUT2D eigenvalue weighted by molar-refractivity contribution is -0.122. The van der Waals surface area contributed by atoms with Gasteiger partial charge in [0.2, 0.25) is 5.91 Å². The Bertz CT molecular complexity index is 789. The van der Waals surface area contributed by atoms with E-state index in [9.17, 15) is 4.79 Å². The molecule has 1 N–H and O–H groups in total. The molecule has 156 valence electrons. The van der Waals surface area contributed by atoms with Crippen LogP contribution in [0.2, 0.25) is 0 Å². The van der Waals surface area contributed by atoms with E-state index in [1.54, 1.807) is 0 Å². The van der Waals surface area contributed by atoms with Crippen molar-refractivity contribution in [3.8, 4) is 0 Å². The summed E-state index contributed by atoms with van der Waals surface area (Å²) in [7, 11) is 0. The Balaban J connectivity index is 1.28. The largest absolute Gasteiger partial charge is 0.349 e. The first-order chi connectivity index (χ1) is 14.0. The molecule has 7 atom stereocenters. The van der Waals surface area contributed by atoms with Gasteiger partial charge >= 0.3 is 0 Å². The smallest absolute Gasteiger partial charge is 0.243 e. The summed E-state index contributed by atoms with van der Waals surface area (Å²) in [5.74, 6) is 3.45. The third-order valence-electron chi connectivity index (χ3n) is 9.59. The molecular formula is C26H36N2O. The second-order valence-electron chi connectivity index (χ2n) is 10.7. The molecule has 2 heterocycles. The van der Waals surface area contributed by atoms with Gasteiger partial charge in [-0.1, -0.05) is 26.0 Å². The van der Waals surface area contributed by atoms with Crippen molar-refractivity contribution in [2.45, 2.75) is 77.7 Å². The van der Waals surface area contributed by atoms with Gasteiger partial charge in [-0.3, -0.25) is 9.78 Å². The molecule has 1 aromatic rings. The van der Waals surface area contributed by atoms with Crippen molar-refractivity contribution in [2.24, 2.45) is 34.5 Å². The van der Waals surface area contributed by atoms with E-state index in [2.05, 4.69) is 42.4 Å². The Kier molecular flexibility index (Phi) is 4.83. The molecule has 0 aromatic carbocycles. The number of nitrogens with one attached hydrogen (secondary N) is 1. The third-order valence-corrected chi connectivity index (χ3v) is 9.59. The van der Waals surface area contributed by atoms with E-state index in [0.29, 0.717) is 11.5 Å². The molecular weight excluding hydrogens is 356 g/mol. The van der Waals surface area contributed by atoms with Gasteiger partial charge in [-0.15, -0.1) is 0 Å². The first-order valence-electron chi connectivity index (χ1n) is 11.9. The summed E-state index contributed by atoms with van der Waals surface area (Å²) in [4.78, 5) is 16.4. The van der Waals surface area contributed by atoms with Crippen LogP contribution < -0.4 is 5.32 Å². The van der Waals surface area contributed by atoms with Gasteiger partial charge in [-0.25, -0.2) is 0 Å². The Morgan fingerprint density at radius 2 is 2.00 bits per heavy atom. The maximum Gasteiger partial charge on any atom is 0.243 e. The van der Waals surface area contributed by atoms with Crippen LogP contribution in [0.3, 0.4) is 0 Å². The highest BCUT2D eigenvalue weighted by atomic mass is 16.1. The highest BCUT2D eigenvalue weighted by Crippen LogP contribution is 2.65. The number of aromatic nitrogens is 1. The lowest BCUT2D eigenvalue weighted by Gasteiger charge is -2.59. The Labute approximate surface area is 175 Å². The van der Waals surface area contributed by atoms with Crippen LogP contribution in [0.4, 0.5) is 0 Å². The van der Waals surface area contributed by atoms with Gasteiger partial charge in [0, 0.05) is 23.3 Å². The van der Waals surface area contributed by atoms with E-state index in [1.807, 2.05) is 18.3 Å². The van der Waals surface area contributed by atoms with Crippen molar-refractivity contribution < 1.29 is 4.79 Å². The average Bonchev–Trinajstić information content (AvgIpc) is 3.06. The zero-order valence-electron chi connectivity index (χ0n) is 18.1. The fourth-order valence-electron chi connectivity index (χ4n) is 7.99. The van der Waals surface area contributed by atoms with Gasteiger partial charge in [0.1, 0.15) is 0 Å². The highest BCUT2D eigenvalue weighted by Gasteiger charge is 2.59. The fourth-order valence-corrected chi connectivity index (χ4v) is 7.99. The third kappa shape index (κ3) is 3.16. The molecule has 1 aromatic heterocycles. The fraction of sp³-hybridized carbons (Fsp3) is 0.692. The highest BCUT2D eigenvalue weighted by molar-refractivity contribution is 5.89. The number of nitrogens with zero attached hydrogens (tertiary/aromatic N) is 1. The maximum absolute atomic E-state index is 11.9. The number of carbonyl (C=O) groups is 1. The Morgan fingerprint density at radius 3 is 2.83 bits per heavy atom. The SMILES string of the molecule is C[C@]12C=CC(=O)NC1CC[C@@H]1[C@H]2CC[C@]2(C)C(CCCc3ccccn3)CC[C@@H]12. The topological polar surface area (TPSA) is 42.0 Å². The van der Waals surface area contributed by atoms with E-state index in [4.69, 9.17) is 0 Å². The predicted octanol–water partition coefficient (Wildman–Crippen LogP) is 5.32. The summed E-state index contributed by atoms with van der Waals surface area (Å²) in [5.41, 5.74) is 1.93. The van der Waals surface area contributed by atoms with E-state index in [0.717, 1.165) is 36.5 Å². The lowest BCUT2D eigenvalue weighted by atomic mass is 9.48. The standard InChI is InChI=1S/C26H36N2O/c1-25-15-13-22-20(10-12-23-26(22,2)16-14-24(29)28-23)21(25)11-9-18(25)6-5-8-19-7-3-4-17-27-19/h3-4,7,14,16-18,20-23H,5-6,8-13,15H2,1-2H3,(H,28,29)/t18?,20-,21-,22+,23?,25+,26+/m0/s1. The summed E-state index contributed by atoms with van der Waals surface area (Å²) in [6.07, 6.45) is 17.8. The van der Waals surface area contributed by atoms with Gasteiger partial charge in [0.25, 0.3) is 0 Å². The monoisotopic (exact) mass is 392 g/mol. The van der Waals surface area contributed by atoms with E-state index >= 15 is 0 Å². The quantitative estimate of drug-likeness (QED) is 0.754. The summed E-state index contributed by atoms with van der Waals surface area (Å²) in [6, 6.07) is 6.63. The summed E-state index contributed by atoms with van der Waals surface area (Å²) < 4.78 is 0. The van der Waals surface area contributed by atoms with Crippen molar-refractivity contribution in [3.63, 3.8) is 0 Å². The number of hydrogen-bond acceptors (Lipinski definition) is 2. The first kappa shape index (κ1) is 19.3. The van der Waals surface area contributed by atoms with Crippen LogP contribution in [0.25, 0.3) is 0 Å². The zero-order valence-corrected chi connectivity index (χ0v) is 18.1. The van der Waals surface area contributed by atoms with E-state index in [-0.39, 0.29) is 11.3 Å². The maximum atomic E-state index is 11.9. The molecule has 29 heavy (non-hydrogen) atoms.